The summed E-state index contributed by atoms with van der Waals surface area (Å²) in [5, 5.41) is 3.18. The number of nitrogens with zero attached hydrogens (tertiary/aromatic N) is 2. The van der Waals surface area contributed by atoms with E-state index in [1.54, 1.807) is 14.1 Å². The van der Waals surface area contributed by atoms with Gasteiger partial charge in [0.15, 0.2) is 0 Å². The first-order valence-electron chi connectivity index (χ1n) is 7.44. The molecular weight excluding hydrogens is 286 g/mol. The molecule has 0 spiro atoms. The quantitative estimate of drug-likeness (QED) is 0.771. The van der Waals surface area contributed by atoms with Crippen LogP contribution >= 0.6 is 0 Å². The highest BCUT2D eigenvalue weighted by molar-refractivity contribution is 7.89. The molecule has 1 aliphatic heterocycles. The van der Waals surface area contributed by atoms with Crippen LogP contribution in [0.2, 0.25) is 0 Å². The molecule has 2 rings (SSSR count). The van der Waals surface area contributed by atoms with Crippen molar-refractivity contribution in [1.29, 1.82) is 0 Å². The van der Waals surface area contributed by atoms with E-state index in [1.165, 1.54) is 28.4 Å². The summed E-state index contributed by atoms with van der Waals surface area (Å²) in [5.41, 5.74) is 2.46. The predicted octanol–water partition coefficient (Wildman–Crippen LogP) is 1.27. The summed E-state index contributed by atoms with van der Waals surface area (Å²) in [6, 6.07) is 8.53. The summed E-state index contributed by atoms with van der Waals surface area (Å²) in [4.78, 5) is 2.40. The summed E-state index contributed by atoms with van der Waals surface area (Å²) < 4.78 is 24.5. The van der Waals surface area contributed by atoms with E-state index >= 15 is 0 Å². The lowest BCUT2D eigenvalue weighted by Gasteiger charge is -2.17. The number of sulfonamides is 1. The molecule has 21 heavy (non-hydrogen) atoms. The molecule has 0 amide bonds. The van der Waals surface area contributed by atoms with Gasteiger partial charge in [-0.15, -0.1) is 0 Å². The Hall–Kier alpha value is -1.11. The van der Waals surface area contributed by atoms with E-state index < -0.39 is 10.0 Å². The second-order valence-corrected chi connectivity index (χ2v) is 7.94. The molecular formula is C15H25N3O2S. The first-order valence-corrected chi connectivity index (χ1v) is 9.05. The molecule has 1 saturated heterocycles. The van der Waals surface area contributed by atoms with Crippen LogP contribution in [0.4, 0.5) is 5.69 Å². The van der Waals surface area contributed by atoms with Gasteiger partial charge in [0.2, 0.25) is 10.0 Å². The molecule has 118 valence electrons. The standard InChI is InChI=1S/C15H25N3O2S/c1-17(2)21(19,20)12-9-16-13-14-5-7-15(8-6-14)18-10-3-4-11-18/h5-8,16H,3-4,9-13H2,1-2H3. The number of nitrogens with one attached hydrogen (secondary N) is 1. The number of hydrogen-bond donors (Lipinski definition) is 1. The number of rotatable bonds is 7. The monoisotopic (exact) mass is 311 g/mol. The Morgan fingerprint density at radius 3 is 2.33 bits per heavy atom. The molecule has 1 N–H and O–H groups in total. The van der Waals surface area contributed by atoms with Crippen molar-refractivity contribution >= 4 is 15.7 Å². The van der Waals surface area contributed by atoms with Gasteiger partial charge in [-0.1, -0.05) is 12.1 Å². The van der Waals surface area contributed by atoms with Crippen molar-refractivity contribution in [2.45, 2.75) is 19.4 Å². The Bertz CT molecular complexity index is 535. The lowest BCUT2D eigenvalue weighted by molar-refractivity contribution is 0.517. The van der Waals surface area contributed by atoms with Crippen LogP contribution in [0.15, 0.2) is 24.3 Å². The summed E-state index contributed by atoms with van der Waals surface area (Å²) in [6.45, 7) is 3.47. The minimum Gasteiger partial charge on any atom is -0.372 e. The summed E-state index contributed by atoms with van der Waals surface area (Å²) in [6.07, 6.45) is 2.56. The highest BCUT2D eigenvalue weighted by Gasteiger charge is 2.13. The zero-order valence-corrected chi connectivity index (χ0v) is 13.7. The van der Waals surface area contributed by atoms with Gasteiger partial charge in [0, 0.05) is 46.0 Å². The van der Waals surface area contributed by atoms with Crippen LogP contribution in [-0.2, 0) is 16.6 Å². The van der Waals surface area contributed by atoms with Crippen LogP contribution in [0.25, 0.3) is 0 Å². The summed E-state index contributed by atoms with van der Waals surface area (Å²) in [7, 11) is 0.0176. The van der Waals surface area contributed by atoms with E-state index in [4.69, 9.17) is 0 Å². The van der Waals surface area contributed by atoms with Gasteiger partial charge in [-0.25, -0.2) is 12.7 Å². The molecule has 1 aliphatic rings. The molecule has 1 aromatic carbocycles. The van der Waals surface area contributed by atoms with Crippen LogP contribution in [0.3, 0.4) is 0 Å². The minimum absolute atomic E-state index is 0.131. The maximum absolute atomic E-state index is 11.6. The van der Waals surface area contributed by atoms with Crippen molar-refractivity contribution in [3.63, 3.8) is 0 Å². The van der Waals surface area contributed by atoms with Crippen molar-refractivity contribution in [1.82, 2.24) is 9.62 Å². The van der Waals surface area contributed by atoms with Gasteiger partial charge in [0.25, 0.3) is 0 Å². The second kappa shape index (κ2) is 7.24. The Morgan fingerprint density at radius 2 is 1.76 bits per heavy atom. The molecule has 1 heterocycles. The fraction of sp³-hybridized carbons (Fsp3) is 0.600. The zero-order valence-electron chi connectivity index (χ0n) is 12.9. The third-order valence-corrected chi connectivity index (χ3v) is 5.66. The Morgan fingerprint density at radius 1 is 1.14 bits per heavy atom. The topological polar surface area (TPSA) is 52.7 Å². The van der Waals surface area contributed by atoms with E-state index in [0.717, 1.165) is 13.1 Å². The van der Waals surface area contributed by atoms with E-state index in [2.05, 4.69) is 34.5 Å². The van der Waals surface area contributed by atoms with Crippen molar-refractivity contribution < 1.29 is 8.42 Å². The maximum atomic E-state index is 11.6. The smallest absolute Gasteiger partial charge is 0.214 e. The van der Waals surface area contributed by atoms with Crippen LogP contribution in [0.5, 0.6) is 0 Å². The average Bonchev–Trinajstić information content (AvgIpc) is 2.98. The number of anilines is 1. The molecule has 0 unspecified atom stereocenters. The van der Waals surface area contributed by atoms with Crippen molar-refractivity contribution in [3.8, 4) is 0 Å². The van der Waals surface area contributed by atoms with Crippen molar-refractivity contribution in [3.05, 3.63) is 29.8 Å². The highest BCUT2D eigenvalue weighted by atomic mass is 32.2. The normalized spacial score (nSPS) is 15.9. The van der Waals surface area contributed by atoms with Gasteiger partial charge in [0.05, 0.1) is 5.75 Å². The summed E-state index contributed by atoms with van der Waals surface area (Å²) >= 11 is 0. The fourth-order valence-electron chi connectivity index (χ4n) is 2.42. The molecule has 5 nitrogen and oxygen atoms in total. The Labute approximate surface area is 128 Å². The molecule has 0 aromatic heterocycles. The molecule has 0 atom stereocenters. The molecule has 6 heteroatoms. The SMILES string of the molecule is CN(C)S(=O)(=O)CCNCc1ccc(N2CCCC2)cc1. The van der Waals surface area contributed by atoms with E-state index in [1.807, 2.05) is 0 Å². The van der Waals surface area contributed by atoms with Crippen LogP contribution in [0, 0.1) is 0 Å². The van der Waals surface area contributed by atoms with Gasteiger partial charge in [-0.3, -0.25) is 0 Å². The lowest BCUT2D eigenvalue weighted by Crippen LogP contribution is -2.31. The largest absolute Gasteiger partial charge is 0.372 e. The summed E-state index contributed by atoms with van der Waals surface area (Å²) in [5.74, 6) is 0.131. The number of hydrogen-bond acceptors (Lipinski definition) is 4. The lowest BCUT2D eigenvalue weighted by atomic mass is 10.2. The molecule has 1 fully saturated rings. The van der Waals surface area contributed by atoms with Crippen LogP contribution in [0.1, 0.15) is 18.4 Å². The molecule has 0 radical (unpaired) electrons. The molecule has 0 bridgehead atoms. The van der Waals surface area contributed by atoms with Crippen molar-refractivity contribution in [2.75, 3.05) is 44.4 Å². The number of benzene rings is 1. The molecule has 0 saturated carbocycles. The first kappa shape index (κ1) is 16.3. The maximum Gasteiger partial charge on any atom is 0.214 e. The average molecular weight is 311 g/mol. The van der Waals surface area contributed by atoms with E-state index in [-0.39, 0.29) is 5.75 Å². The predicted molar refractivity (Wildman–Crippen MR) is 87.1 cm³/mol. The van der Waals surface area contributed by atoms with Gasteiger partial charge in [-0.2, -0.15) is 0 Å². The van der Waals surface area contributed by atoms with E-state index in [9.17, 15) is 8.42 Å². The van der Waals surface area contributed by atoms with Gasteiger partial charge >= 0.3 is 0 Å². The minimum atomic E-state index is -3.11. The third kappa shape index (κ3) is 4.69. The Balaban J connectivity index is 1.76. The third-order valence-electron chi connectivity index (χ3n) is 3.83. The molecule has 1 aromatic rings. The Kier molecular flexibility index (Phi) is 5.61. The van der Waals surface area contributed by atoms with E-state index in [0.29, 0.717) is 13.1 Å². The van der Waals surface area contributed by atoms with Gasteiger partial charge < -0.3 is 10.2 Å². The molecule has 0 aliphatic carbocycles. The van der Waals surface area contributed by atoms with Gasteiger partial charge in [-0.05, 0) is 30.5 Å². The fourth-order valence-corrected chi connectivity index (χ4v) is 3.18. The van der Waals surface area contributed by atoms with Gasteiger partial charge in [0.1, 0.15) is 0 Å². The second-order valence-electron chi connectivity index (χ2n) is 5.64. The van der Waals surface area contributed by atoms with Crippen LogP contribution < -0.4 is 10.2 Å². The zero-order chi connectivity index (χ0) is 15.3. The highest BCUT2D eigenvalue weighted by Crippen LogP contribution is 2.20. The van der Waals surface area contributed by atoms with Crippen LogP contribution in [-0.4, -0.2) is 52.2 Å². The van der Waals surface area contributed by atoms with Crippen molar-refractivity contribution in [2.24, 2.45) is 0 Å². The first-order chi connectivity index (χ1) is 9.99.